The van der Waals surface area contributed by atoms with E-state index in [1.54, 1.807) is 13.0 Å². The van der Waals surface area contributed by atoms with Gasteiger partial charge in [0.15, 0.2) is 0 Å². The molecule has 4 atom stereocenters. The summed E-state index contributed by atoms with van der Waals surface area (Å²) in [7, 11) is 0. The molecule has 2 saturated heterocycles. The first-order chi connectivity index (χ1) is 12.0. The number of hydrogen-bond donors (Lipinski definition) is 2. The second-order valence-corrected chi connectivity index (χ2v) is 6.93. The van der Waals surface area contributed by atoms with Crippen LogP contribution in [-0.2, 0) is 19.9 Å². The van der Waals surface area contributed by atoms with Crippen LogP contribution in [-0.4, -0.2) is 36.0 Å². The van der Waals surface area contributed by atoms with Crippen molar-refractivity contribution in [1.82, 2.24) is 0 Å². The van der Waals surface area contributed by atoms with Crippen molar-refractivity contribution in [3.63, 3.8) is 0 Å². The van der Waals surface area contributed by atoms with E-state index in [2.05, 4.69) is 5.32 Å². The minimum Gasteiger partial charge on any atom is -0.466 e. The maximum atomic E-state index is 13.0. The molecule has 8 heteroatoms. The van der Waals surface area contributed by atoms with Gasteiger partial charge in [-0.1, -0.05) is 0 Å². The van der Waals surface area contributed by atoms with E-state index >= 15 is 0 Å². The molecule has 1 spiro atoms. The molecular formula is C17H20N3O5+. The second-order valence-electron chi connectivity index (χ2n) is 6.93. The van der Waals surface area contributed by atoms with Gasteiger partial charge in [-0.25, -0.2) is 0 Å². The second kappa shape index (κ2) is 5.52. The topological polar surface area (TPSA) is 103 Å². The molecule has 3 aliphatic heterocycles. The number of nitrogens with zero attached hydrogens (tertiary/aromatic N) is 1. The highest BCUT2D eigenvalue weighted by atomic mass is 16.6. The van der Waals surface area contributed by atoms with Crippen LogP contribution in [0, 0.1) is 16.0 Å². The first kappa shape index (κ1) is 16.0. The number of hydrogen-bond acceptors (Lipinski definition) is 5. The quantitative estimate of drug-likeness (QED) is 0.468. The third-order valence-electron chi connectivity index (χ3n) is 5.87. The molecule has 0 bridgehead atoms. The average molecular weight is 346 g/mol. The highest BCUT2D eigenvalue weighted by Crippen LogP contribution is 2.45. The van der Waals surface area contributed by atoms with E-state index in [0.29, 0.717) is 24.3 Å². The number of benzene rings is 1. The number of quaternary nitrogens is 1. The number of rotatable bonds is 3. The molecule has 0 aliphatic carbocycles. The molecule has 3 aliphatic rings. The summed E-state index contributed by atoms with van der Waals surface area (Å²) < 4.78 is 5.23. The van der Waals surface area contributed by atoms with Gasteiger partial charge in [0.2, 0.25) is 5.54 Å². The zero-order valence-corrected chi connectivity index (χ0v) is 13.9. The largest absolute Gasteiger partial charge is 0.466 e. The molecule has 1 amide bonds. The van der Waals surface area contributed by atoms with Crippen LogP contribution in [0.25, 0.3) is 0 Å². The van der Waals surface area contributed by atoms with E-state index in [-0.39, 0.29) is 29.5 Å². The van der Waals surface area contributed by atoms with Gasteiger partial charge in [-0.15, -0.1) is 0 Å². The first-order valence-corrected chi connectivity index (χ1v) is 8.62. The number of nitrogens with one attached hydrogen (secondary N) is 2. The maximum Gasteiger partial charge on any atom is 0.315 e. The molecule has 0 saturated carbocycles. The predicted molar refractivity (Wildman–Crippen MR) is 87.0 cm³/mol. The van der Waals surface area contributed by atoms with Crippen molar-refractivity contribution >= 4 is 23.3 Å². The molecule has 8 nitrogen and oxygen atoms in total. The fourth-order valence-electron chi connectivity index (χ4n) is 4.93. The lowest BCUT2D eigenvalue weighted by molar-refractivity contribution is -0.947. The van der Waals surface area contributed by atoms with Gasteiger partial charge in [0, 0.05) is 31.4 Å². The Bertz CT molecular complexity index is 780. The lowest BCUT2D eigenvalue weighted by Crippen LogP contribution is -3.19. The van der Waals surface area contributed by atoms with Gasteiger partial charge < -0.3 is 15.0 Å². The Morgan fingerprint density at radius 2 is 2.32 bits per heavy atom. The van der Waals surface area contributed by atoms with E-state index in [4.69, 9.17) is 4.74 Å². The molecule has 132 valence electrons. The molecule has 2 N–H and O–H groups in total. The summed E-state index contributed by atoms with van der Waals surface area (Å²) >= 11 is 0. The lowest BCUT2D eigenvalue weighted by Gasteiger charge is -2.29. The number of nitro groups is 1. The monoisotopic (exact) mass is 346 g/mol. The lowest BCUT2D eigenvalue weighted by atomic mass is 9.84. The number of fused-ring (bicyclic) bond motifs is 4. The van der Waals surface area contributed by atoms with Gasteiger partial charge >= 0.3 is 5.97 Å². The zero-order chi connectivity index (χ0) is 17.8. The Morgan fingerprint density at radius 1 is 1.52 bits per heavy atom. The third-order valence-corrected chi connectivity index (χ3v) is 5.87. The molecule has 0 radical (unpaired) electrons. The molecule has 3 heterocycles. The fourth-order valence-corrected chi connectivity index (χ4v) is 4.93. The smallest absolute Gasteiger partial charge is 0.315 e. The Balaban J connectivity index is 1.82. The molecule has 1 aromatic rings. The summed E-state index contributed by atoms with van der Waals surface area (Å²) in [4.78, 5) is 37.2. The Labute approximate surface area is 144 Å². The number of nitro benzene ring substituents is 1. The average Bonchev–Trinajstić information content (AvgIpc) is 3.23. The third kappa shape index (κ3) is 2.10. The molecule has 25 heavy (non-hydrogen) atoms. The minimum atomic E-state index is -0.931. The molecule has 2 fully saturated rings. The van der Waals surface area contributed by atoms with Crippen LogP contribution in [0.2, 0.25) is 0 Å². The molecule has 1 aromatic carbocycles. The zero-order valence-electron chi connectivity index (χ0n) is 13.9. The summed E-state index contributed by atoms with van der Waals surface area (Å²) in [6, 6.07) is 4.49. The number of esters is 1. The van der Waals surface area contributed by atoms with Crippen molar-refractivity contribution < 1.29 is 24.1 Å². The van der Waals surface area contributed by atoms with Crippen LogP contribution in [0.1, 0.15) is 31.7 Å². The Kier molecular flexibility index (Phi) is 3.54. The van der Waals surface area contributed by atoms with E-state index in [9.17, 15) is 19.7 Å². The van der Waals surface area contributed by atoms with E-state index in [1.807, 2.05) is 0 Å². The number of anilines is 1. The summed E-state index contributed by atoms with van der Waals surface area (Å²) in [5, 5.41) is 14.1. The van der Waals surface area contributed by atoms with Crippen molar-refractivity contribution in [3.8, 4) is 0 Å². The van der Waals surface area contributed by atoms with Gasteiger partial charge in [-0.3, -0.25) is 19.7 Å². The van der Waals surface area contributed by atoms with Crippen molar-refractivity contribution in [3.05, 3.63) is 33.9 Å². The van der Waals surface area contributed by atoms with Crippen molar-refractivity contribution in [1.29, 1.82) is 0 Å². The number of carbonyl (C=O) groups is 2. The Hall–Kier alpha value is -2.48. The SMILES string of the molecule is CCOC(=O)[C@H]1C[C@]2(C(=O)Nc3ccc([N+](=O)[O-])cc32)[NH+]2CCC[C@@H]12. The fraction of sp³-hybridized carbons (Fsp3) is 0.529. The van der Waals surface area contributed by atoms with E-state index in [1.165, 1.54) is 12.1 Å². The highest BCUT2D eigenvalue weighted by molar-refractivity contribution is 6.05. The van der Waals surface area contributed by atoms with Crippen molar-refractivity contribution in [2.24, 2.45) is 5.92 Å². The molecular weight excluding hydrogens is 326 g/mol. The number of ether oxygens (including phenoxy) is 1. The first-order valence-electron chi connectivity index (χ1n) is 8.62. The maximum absolute atomic E-state index is 13.0. The summed E-state index contributed by atoms with van der Waals surface area (Å²) in [5.74, 6) is -0.791. The molecule has 1 unspecified atom stereocenters. The van der Waals surface area contributed by atoms with Gasteiger partial charge in [0.1, 0.15) is 12.0 Å². The number of carbonyl (C=O) groups excluding carboxylic acids is 2. The number of amides is 1. The van der Waals surface area contributed by atoms with Crippen molar-refractivity contribution in [2.45, 2.75) is 37.8 Å². The summed E-state index contributed by atoms with van der Waals surface area (Å²) in [5.41, 5.74) is 0.281. The number of non-ortho nitro benzene ring substituents is 1. The van der Waals surface area contributed by atoms with Crippen LogP contribution in [0.15, 0.2) is 18.2 Å². The predicted octanol–water partition coefficient (Wildman–Crippen LogP) is 0.373. The molecule has 4 rings (SSSR count). The van der Waals surface area contributed by atoms with Crippen LogP contribution < -0.4 is 10.2 Å². The van der Waals surface area contributed by atoms with Crippen LogP contribution >= 0.6 is 0 Å². The van der Waals surface area contributed by atoms with Crippen LogP contribution in [0.5, 0.6) is 0 Å². The van der Waals surface area contributed by atoms with Crippen LogP contribution in [0.3, 0.4) is 0 Å². The summed E-state index contributed by atoms with van der Waals surface area (Å²) in [6.45, 7) is 2.84. The Morgan fingerprint density at radius 3 is 3.04 bits per heavy atom. The van der Waals surface area contributed by atoms with Gasteiger partial charge in [-0.05, 0) is 13.0 Å². The van der Waals surface area contributed by atoms with Gasteiger partial charge in [0.25, 0.3) is 11.6 Å². The van der Waals surface area contributed by atoms with E-state index in [0.717, 1.165) is 24.3 Å². The standard InChI is InChI=1S/C17H19N3O5/c1-2-25-15(21)11-9-17(19-7-3-4-14(11)19)12-8-10(20(23)24)5-6-13(12)18-16(17)22/h5-6,8,11,14H,2-4,7,9H2,1H3,(H,18,22)/p+1/t11-,14-,17-/m0/s1. The highest BCUT2D eigenvalue weighted by Gasteiger charge is 2.67. The minimum absolute atomic E-state index is 0.0232. The van der Waals surface area contributed by atoms with Crippen molar-refractivity contribution in [2.75, 3.05) is 18.5 Å². The van der Waals surface area contributed by atoms with E-state index < -0.39 is 10.5 Å². The van der Waals surface area contributed by atoms with Gasteiger partial charge in [0.05, 0.1) is 29.3 Å². The normalized spacial score (nSPS) is 32.4. The summed E-state index contributed by atoms with van der Waals surface area (Å²) in [6.07, 6.45) is 2.12. The molecule has 0 aromatic heterocycles. The van der Waals surface area contributed by atoms with Crippen LogP contribution in [0.4, 0.5) is 11.4 Å². The van der Waals surface area contributed by atoms with Gasteiger partial charge in [-0.2, -0.15) is 0 Å².